The molecule has 2 aliphatic rings. The highest BCUT2D eigenvalue weighted by atomic mass is 32.1. The molecule has 2 aliphatic heterocycles. The van der Waals surface area contributed by atoms with Crippen LogP contribution in [0, 0.1) is 0 Å². The maximum Gasteiger partial charge on any atom is 0.282 e. The summed E-state index contributed by atoms with van der Waals surface area (Å²) in [5.74, 6) is 0.156. The molecule has 0 atom stereocenters. The smallest absolute Gasteiger partial charge is 0.282 e. The van der Waals surface area contributed by atoms with E-state index in [1.807, 2.05) is 27.3 Å². The van der Waals surface area contributed by atoms with Gasteiger partial charge in [-0.05, 0) is 24.1 Å². The molecule has 0 bridgehead atoms. The van der Waals surface area contributed by atoms with Crippen LogP contribution >= 0.6 is 11.3 Å². The van der Waals surface area contributed by atoms with Crippen LogP contribution in [0.1, 0.15) is 39.1 Å². The predicted octanol–water partition coefficient (Wildman–Crippen LogP) is 2.38. The summed E-state index contributed by atoms with van der Waals surface area (Å²) in [6.45, 7) is 6.87. The SMILES string of the molecule is CCCc1ccc(C(=O)N2CC(N3CCN(C(=O)c4nccs4)CC3)C2)cc1. The summed E-state index contributed by atoms with van der Waals surface area (Å²) in [6.07, 6.45) is 3.84. The number of thiazole rings is 1. The van der Waals surface area contributed by atoms with Crippen molar-refractivity contribution in [3.63, 3.8) is 0 Å². The Labute approximate surface area is 169 Å². The molecule has 2 amide bonds. The summed E-state index contributed by atoms with van der Waals surface area (Å²) in [4.78, 5) is 35.4. The van der Waals surface area contributed by atoms with Gasteiger partial charge in [0.05, 0.1) is 0 Å². The van der Waals surface area contributed by atoms with Crippen molar-refractivity contribution in [1.82, 2.24) is 19.7 Å². The number of aromatic nitrogens is 1. The van der Waals surface area contributed by atoms with Crippen LogP contribution in [0.2, 0.25) is 0 Å². The number of amides is 2. The Morgan fingerprint density at radius 1 is 1.04 bits per heavy atom. The van der Waals surface area contributed by atoms with E-state index in [2.05, 4.69) is 28.9 Å². The second-order valence-corrected chi connectivity index (χ2v) is 8.37. The number of likely N-dealkylation sites (tertiary alicyclic amines) is 1. The first kappa shape index (κ1) is 19.1. The van der Waals surface area contributed by atoms with E-state index in [9.17, 15) is 9.59 Å². The standard InChI is InChI=1S/C21H26N4O2S/c1-2-3-16-4-6-17(7-5-16)20(26)25-14-18(15-25)23-9-11-24(12-10-23)21(27)19-22-8-13-28-19/h4-8,13,18H,2-3,9-12,14-15H2,1H3. The molecule has 0 unspecified atom stereocenters. The van der Waals surface area contributed by atoms with Gasteiger partial charge in [0.2, 0.25) is 0 Å². The topological polar surface area (TPSA) is 56.8 Å². The first-order valence-corrected chi connectivity index (χ1v) is 10.8. The molecule has 6 nitrogen and oxygen atoms in total. The van der Waals surface area contributed by atoms with Gasteiger partial charge in [-0.1, -0.05) is 25.5 Å². The monoisotopic (exact) mass is 398 g/mol. The number of piperazine rings is 1. The summed E-state index contributed by atoms with van der Waals surface area (Å²) in [5.41, 5.74) is 2.06. The van der Waals surface area contributed by atoms with E-state index >= 15 is 0 Å². The lowest BCUT2D eigenvalue weighted by molar-refractivity contribution is 0.00853. The molecule has 0 spiro atoms. The second-order valence-electron chi connectivity index (χ2n) is 7.48. The number of aryl methyl sites for hydroxylation is 1. The number of hydrogen-bond acceptors (Lipinski definition) is 5. The van der Waals surface area contributed by atoms with E-state index in [-0.39, 0.29) is 11.8 Å². The van der Waals surface area contributed by atoms with E-state index < -0.39 is 0 Å². The number of rotatable bonds is 5. The van der Waals surface area contributed by atoms with Crippen LogP contribution in [0.5, 0.6) is 0 Å². The molecule has 7 heteroatoms. The fraction of sp³-hybridized carbons (Fsp3) is 0.476. The molecular weight excluding hydrogens is 372 g/mol. The Hall–Kier alpha value is -2.25. The molecule has 28 heavy (non-hydrogen) atoms. The van der Waals surface area contributed by atoms with Gasteiger partial charge in [-0.25, -0.2) is 4.98 Å². The van der Waals surface area contributed by atoms with Gasteiger partial charge in [0.25, 0.3) is 11.8 Å². The highest BCUT2D eigenvalue weighted by Crippen LogP contribution is 2.21. The molecular formula is C21H26N4O2S. The molecule has 0 N–H and O–H groups in total. The van der Waals surface area contributed by atoms with Crippen LogP contribution in [0.4, 0.5) is 0 Å². The normalized spacial score (nSPS) is 18.2. The van der Waals surface area contributed by atoms with Gasteiger partial charge in [-0.2, -0.15) is 0 Å². The summed E-state index contributed by atoms with van der Waals surface area (Å²) in [6, 6.07) is 8.42. The van der Waals surface area contributed by atoms with Crippen molar-refractivity contribution in [2.24, 2.45) is 0 Å². The lowest BCUT2D eigenvalue weighted by Crippen LogP contribution is -2.64. The fourth-order valence-electron chi connectivity index (χ4n) is 3.89. The number of carbonyl (C=O) groups is 2. The predicted molar refractivity (Wildman–Crippen MR) is 110 cm³/mol. The third-order valence-corrected chi connectivity index (χ3v) is 6.38. The Balaban J connectivity index is 1.24. The average Bonchev–Trinajstić information content (AvgIpc) is 3.22. The molecule has 3 heterocycles. The number of benzene rings is 1. The Bertz CT molecular complexity index is 807. The first-order chi connectivity index (χ1) is 13.7. The average molecular weight is 399 g/mol. The number of nitrogens with zero attached hydrogens (tertiary/aromatic N) is 4. The Morgan fingerprint density at radius 2 is 1.75 bits per heavy atom. The van der Waals surface area contributed by atoms with Crippen molar-refractivity contribution in [2.75, 3.05) is 39.3 Å². The summed E-state index contributed by atoms with van der Waals surface area (Å²) >= 11 is 1.39. The minimum absolute atomic E-state index is 0.0339. The zero-order valence-corrected chi connectivity index (χ0v) is 17.0. The lowest BCUT2D eigenvalue weighted by atomic mass is 10.0. The quantitative estimate of drug-likeness (QED) is 0.776. The fourth-order valence-corrected chi connectivity index (χ4v) is 4.49. The van der Waals surface area contributed by atoms with Gasteiger partial charge in [-0.15, -0.1) is 11.3 Å². The minimum Gasteiger partial charge on any atom is -0.335 e. The molecule has 4 rings (SSSR count). The van der Waals surface area contributed by atoms with E-state index in [0.717, 1.165) is 57.7 Å². The molecule has 1 aromatic carbocycles. The van der Waals surface area contributed by atoms with Crippen molar-refractivity contribution in [3.8, 4) is 0 Å². The van der Waals surface area contributed by atoms with E-state index in [4.69, 9.17) is 0 Å². The minimum atomic E-state index is 0.0339. The summed E-state index contributed by atoms with van der Waals surface area (Å²) in [7, 11) is 0. The van der Waals surface area contributed by atoms with Crippen molar-refractivity contribution >= 4 is 23.2 Å². The van der Waals surface area contributed by atoms with E-state index in [1.54, 1.807) is 6.20 Å². The van der Waals surface area contributed by atoms with Crippen LogP contribution in [0.25, 0.3) is 0 Å². The van der Waals surface area contributed by atoms with Gasteiger partial charge in [0, 0.05) is 62.5 Å². The van der Waals surface area contributed by atoms with Crippen LogP contribution in [0.15, 0.2) is 35.8 Å². The second kappa shape index (κ2) is 8.41. The van der Waals surface area contributed by atoms with Gasteiger partial charge < -0.3 is 9.80 Å². The van der Waals surface area contributed by atoms with Crippen LogP contribution < -0.4 is 0 Å². The third kappa shape index (κ3) is 3.95. The van der Waals surface area contributed by atoms with Gasteiger partial charge in [0.1, 0.15) is 0 Å². The third-order valence-electron chi connectivity index (χ3n) is 5.62. The molecule has 148 valence electrons. The number of carbonyl (C=O) groups excluding carboxylic acids is 2. The van der Waals surface area contributed by atoms with Gasteiger partial charge >= 0.3 is 0 Å². The maximum absolute atomic E-state index is 12.6. The Morgan fingerprint density at radius 3 is 2.36 bits per heavy atom. The first-order valence-electron chi connectivity index (χ1n) is 9.96. The molecule has 0 saturated carbocycles. The van der Waals surface area contributed by atoms with Crippen molar-refractivity contribution in [1.29, 1.82) is 0 Å². The maximum atomic E-state index is 12.6. The zero-order valence-electron chi connectivity index (χ0n) is 16.2. The highest BCUT2D eigenvalue weighted by Gasteiger charge is 2.37. The molecule has 2 aromatic rings. The van der Waals surface area contributed by atoms with E-state index in [0.29, 0.717) is 11.0 Å². The zero-order chi connectivity index (χ0) is 19.5. The molecule has 2 saturated heterocycles. The number of hydrogen-bond donors (Lipinski definition) is 0. The summed E-state index contributed by atoms with van der Waals surface area (Å²) < 4.78 is 0. The van der Waals surface area contributed by atoms with Gasteiger partial charge in [-0.3, -0.25) is 14.5 Å². The van der Waals surface area contributed by atoms with Gasteiger partial charge in [0.15, 0.2) is 5.01 Å². The molecule has 2 fully saturated rings. The molecule has 0 aliphatic carbocycles. The molecule has 1 aromatic heterocycles. The lowest BCUT2D eigenvalue weighted by Gasteiger charge is -2.48. The van der Waals surface area contributed by atoms with Crippen LogP contribution in [-0.4, -0.2) is 76.8 Å². The van der Waals surface area contributed by atoms with Crippen molar-refractivity contribution < 1.29 is 9.59 Å². The highest BCUT2D eigenvalue weighted by molar-refractivity contribution is 7.11. The van der Waals surface area contributed by atoms with E-state index in [1.165, 1.54) is 16.9 Å². The molecule has 0 radical (unpaired) electrons. The van der Waals surface area contributed by atoms with Crippen molar-refractivity contribution in [3.05, 3.63) is 52.0 Å². The summed E-state index contributed by atoms with van der Waals surface area (Å²) in [5, 5.41) is 2.40. The largest absolute Gasteiger partial charge is 0.335 e. The Kier molecular flexibility index (Phi) is 5.73. The van der Waals surface area contributed by atoms with Crippen LogP contribution in [-0.2, 0) is 6.42 Å². The van der Waals surface area contributed by atoms with Crippen LogP contribution in [0.3, 0.4) is 0 Å². The van der Waals surface area contributed by atoms with Crippen molar-refractivity contribution in [2.45, 2.75) is 25.8 Å².